The molecule has 5 nitrogen and oxygen atoms in total. The number of esters is 2. The van der Waals surface area contributed by atoms with Crippen molar-refractivity contribution < 1.29 is 23.8 Å². The average molecular weight is 891 g/mol. The Morgan fingerprint density at radius 2 is 0.703 bits per heavy atom. The van der Waals surface area contributed by atoms with Crippen LogP contribution in [0.1, 0.15) is 252 Å². The Hall–Kier alpha value is -2.92. The lowest BCUT2D eigenvalue weighted by Gasteiger charge is -2.18. The average Bonchev–Trinajstić information content (AvgIpc) is 3.30. The molecule has 368 valence electrons. The Morgan fingerprint density at radius 3 is 1.17 bits per heavy atom. The van der Waals surface area contributed by atoms with Crippen molar-refractivity contribution in [1.82, 2.24) is 0 Å². The lowest BCUT2D eigenvalue weighted by Crippen LogP contribution is -2.30. The molecule has 0 heterocycles. The third-order valence-electron chi connectivity index (χ3n) is 11.4. The van der Waals surface area contributed by atoms with Crippen LogP contribution in [0.15, 0.2) is 85.1 Å². The number of carbonyl (C=O) groups excluding carboxylic acids is 2. The van der Waals surface area contributed by atoms with E-state index in [1.54, 1.807) is 0 Å². The molecule has 0 saturated carbocycles. The Morgan fingerprint density at radius 1 is 0.359 bits per heavy atom. The summed E-state index contributed by atoms with van der Waals surface area (Å²) >= 11 is 0. The molecule has 0 aliphatic carbocycles. The summed E-state index contributed by atoms with van der Waals surface area (Å²) in [7, 11) is 0. The van der Waals surface area contributed by atoms with E-state index >= 15 is 0 Å². The Labute approximate surface area is 397 Å². The molecule has 0 fully saturated rings. The van der Waals surface area contributed by atoms with E-state index < -0.39 is 6.10 Å². The van der Waals surface area contributed by atoms with Gasteiger partial charge in [0.2, 0.25) is 0 Å². The second-order valence-electron chi connectivity index (χ2n) is 17.8. The summed E-state index contributed by atoms with van der Waals surface area (Å²) in [4.78, 5) is 25.4. The molecule has 0 radical (unpaired) electrons. The van der Waals surface area contributed by atoms with Crippen molar-refractivity contribution in [3.8, 4) is 0 Å². The summed E-state index contributed by atoms with van der Waals surface area (Å²) < 4.78 is 17.4. The SMILES string of the molecule is CC/C=C\C/C=C\C/C=C\C/C=C\C/C=C\CCCCCC(=O)OCC(COCCCCCCCCCCCC)OC(=O)CCCCCCCCCCC/C=C\C/C=C\CCCCC. The first-order valence-corrected chi connectivity index (χ1v) is 27.1. The maximum atomic E-state index is 12.8. The van der Waals surface area contributed by atoms with Crippen LogP contribution in [0.2, 0.25) is 0 Å². The summed E-state index contributed by atoms with van der Waals surface area (Å²) in [6, 6.07) is 0. The van der Waals surface area contributed by atoms with E-state index in [1.807, 2.05) is 0 Å². The van der Waals surface area contributed by atoms with Gasteiger partial charge in [-0.2, -0.15) is 0 Å². The number of hydrogen-bond donors (Lipinski definition) is 0. The molecule has 0 N–H and O–H groups in total. The largest absolute Gasteiger partial charge is 0.462 e. The first-order chi connectivity index (χ1) is 31.6. The Bertz CT molecular complexity index is 1190. The standard InChI is InChI=1S/C59H102O5/c1-4-7-10-13-16-19-22-24-26-28-30-32-34-36-38-40-43-46-49-52-58(60)63-56-57(55-62-54-51-48-45-42-21-18-15-12-9-6-3)64-59(61)53-50-47-44-41-39-37-35-33-31-29-27-25-23-20-17-14-11-8-5-2/h7,10,16-17,19-20,24-27,30,32,36,38,57H,4-6,8-9,11-15,18,21-23,28-29,31,33-35,37,39-56H2,1-3H3/b10-7-,19-16-,20-17-,26-24-,27-25-,32-30-,38-36-. The highest BCUT2D eigenvalue weighted by molar-refractivity contribution is 5.70. The molecule has 0 aromatic heterocycles. The molecule has 0 bridgehead atoms. The van der Waals surface area contributed by atoms with E-state index in [2.05, 4.69) is 106 Å². The smallest absolute Gasteiger partial charge is 0.306 e. The van der Waals surface area contributed by atoms with Crippen LogP contribution < -0.4 is 0 Å². The summed E-state index contributed by atoms with van der Waals surface area (Å²) in [5.74, 6) is -0.436. The molecule has 5 heteroatoms. The van der Waals surface area contributed by atoms with Crippen LogP contribution in [0.5, 0.6) is 0 Å². The summed E-state index contributed by atoms with van der Waals surface area (Å²) in [6.07, 6.45) is 71.6. The van der Waals surface area contributed by atoms with Crippen molar-refractivity contribution >= 4 is 11.9 Å². The monoisotopic (exact) mass is 891 g/mol. The maximum absolute atomic E-state index is 12.8. The van der Waals surface area contributed by atoms with E-state index in [4.69, 9.17) is 14.2 Å². The molecule has 1 atom stereocenters. The molecule has 0 saturated heterocycles. The van der Waals surface area contributed by atoms with E-state index in [-0.39, 0.29) is 25.2 Å². The lowest BCUT2D eigenvalue weighted by molar-refractivity contribution is -0.163. The van der Waals surface area contributed by atoms with E-state index in [0.29, 0.717) is 19.4 Å². The molecule has 1 unspecified atom stereocenters. The van der Waals surface area contributed by atoms with Crippen molar-refractivity contribution in [1.29, 1.82) is 0 Å². The van der Waals surface area contributed by atoms with Crippen molar-refractivity contribution in [2.75, 3.05) is 19.8 Å². The van der Waals surface area contributed by atoms with Gasteiger partial charge in [0, 0.05) is 19.4 Å². The molecule has 64 heavy (non-hydrogen) atoms. The molecule has 0 aromatic rings. The molecular weight excluding hydrogens is 789 g/mol. The minimum atomic E-state index is -0.553. The fraction of sp³-hybridized carbons (Fsp3) is 0.729. The zero-order chi connectivity index (χ0) is 46.3. The minimum absolute atomic E-state index is 0.0649. The van der Waals surface area contributed by atoms with E-state index in [9.17, 15) is 9.59 Å². The van der Waals surface area contributed by atoms with Gasteiger partial charge in [-0.1, -0.05) is 228 Å². The van der Waals surface area contributed by atoms with Crippen LogP contribution >= 0.6 is 0 Å². The van der Waals surface area contributed by atoms with Gasteiger partial charge < -0.3 is 14.2 Å². The molecule has 0 spiro atoms. The van der Waals surface area contributed by atoms with Crippen molar-refractivity contribution in [3.63, 3.8) is 0 Å². The summed E-state index contributed by atoms with van der Waals surface area (Å²) in [5, 5.41) is 0. The van der Waals surface area contributed by atoms with Gasteiger partial charge in [0.1, 0.15) is 6.61 Å². The zero-order valence-electron chi connectivity index (χ0n) is 42.3. The van der Waals surface area contributed by atoms with Gasteiger partial charge in [-0.15, -0.1) is 0 Å². The second kappa shape index (κ2) is 54.4. The molecule has 0 amide bonds. The quantitative estimate of drug-likeness (QED) is 0.0346. The molecular formula is C59H102O5. The predicted octanol–water partition coefficient (Wildman–Crippen LogP) is 18.5. The van der Waals surface area contributed by atoms with Crippen molar-refractivity contribution in [2.45, 2.75) is 258 Å². The van der Waals surface area contributed by atoms with Crippen LogP contribution in [0.25, 0.3) is 0 Å². The van der Waals surface area contributed by atoms with Gasteiger partial charge in [-0.05, 0) is 96.3 Å². The van der Waals surface area contributed by atoms with Crippen molar-refractivity contribution in [2.24, 2.45) is 0 Å². The summed E-state index contributed by atoms with van der Waals surface area (Å²) in [5.41, 5.74) is 0. The van der Waals surface area contributed by atoms with Gasteiger partial charge >= 0.3 is 11.9 Å². The lowest BCUT2D eigenvalue weighted by atomic mass is 10.1. The molecule has 0 aliphatic heterocycles. The third kappa shape index (κ3) is 51.7. The predicted molar refractivity (Wildman–Crippen MR) is 279 cm³/mol. The topological polar surface area (TPSA) is 61.8 Å². The minimum Gasteiger partial charge on any atom is -0.462 e. The van der Waals surface area contributed by atoms with Crippen LogP contribution in [0.3, 0.4) is 0 Å². The van der Waals surface area contributed by atoms with Gasteiger partial charge in [0.15, 0.2) is 6.10 Å². The van der Waals surface area contributed by atoms with Crippen LogP contribution in [-0.2, 0) is 23.8 Å². The fourth-order valence-electron chi connectivity index (χ4n) is 7.39. The highest BCUT2D eigenvalue weighted by atomic mass is 16.6. The second-order valence-corrected chi connectivity index (χ2v) is 17.8. The van der Waals surface area contributed by atoms with Gasteiger partial charge in [-0.3, -0.25) is 9.59 Å². The first-order valence-electron chi connectivity index (χ1n) is 27.1. The number of unbranched alkanes of at least 4 members (excludes halogenated alkanes) is 24. The van der Waals surface area contributed by atoms with Gasteiger partial charge in [-0.25, -0.2) is 0 Å². The zero-order valence-corrected chi connectivity index (χ0v) is 42.3. The number of carbonyl (C=O) groups is 2. The van der Waals surface area contributed by atoms with Crippen LogP contribution in [0, 0.1) is 0 Å². The normalized spacial score (nSPS) is 12.9. The molecule has 0 aromatic carbocycles. The Kier molecular flexibility index (Phi) is 51.9. The van der Waals surface area contributed by atoms with Crippen LogP contribution in [-0.4, -0.2) is 37.9 Å². The first kappa shape index (κ1) is 61.1. The maximum Gasteiger partial charge on any atom is 0.306 e. The van der Waals surface area contributed by atoms with Gasteiger partial charge in [0.05, 0.1) is 6.61 Å². The highest BCUT2D eigenvalue weighted by Crippen LogP contribution is 2.14. The van der Waals surface area contributed by atoms with Gasteiger partial charge in [0.25, 0.3) is 0 Å². The number of allylic oxidation sites excluding steroid dienone is 14. The molecule has 0 aliphatic rings. The van der Waals surface area contributed by atoms with Crippen molar-refractivity contribution in [3.05, 3.63) is 85.1 Å². The highest BCUT2D eigenvalue weighted by Gasteiger charge is 2.17. The number of ether oxygens (including phenoxy) is 3. The molecule has 0 rings (SSSR count). The Balaban J connectivity index is 4.27. The third-order valence-corrected chi connectivity index (χ3v) is 11.4. The van der Waals surface area contributed by atoms with Crippen LogP contribution in [0.4, 0.5) is 0 Å². The fourth-order valence-corrected chi connectivity index (χ4v) is 7.39. The summed E-state index contributed by atoms with van der Waals surface area (Å²) in [6.45, 7) is 7.66. The number of rotatable bonds is 49. The number of hydrogen-bond acceptors (Lipinski definition) is 5. The van der Waals surface area contributed by atoms with E-state index in [0.717, 1.165) is 96.3 Å². The van der Waals surface area contributed by atoms with E-state index in [1.165, 1.54) is 122 Å².